The van der Waals surface area contributed by atoms with Crippen molar-refractivity contribution >= 4 is 69.1 Å². The Labute approximate surface area is 374 Å². The van der Waals surface area contributed by atoms with Gasteiger partial charge in [-0.25, -0.2) is 9.97 Å². The Hall–Kier alpha value is -5.61. The Balaban J connectivity index is 0. The molecule has 6 aromatic rings. The normalized spacial score (nSPS) is 9.84. The van der Waals surface area contributed by atoms with Crippen LogP contribution in [0, 0.1) is 0 Å². The van der Waals surface area contributed by atoms with Crippen molar-refractivity contribution in [2.24, 2.45) is 0 Å². The maximum atomic E-state index is 8.93. The third-order valence-corrected chi connectivity index (χ3v) is 8.15. The van der Waals surface area contributed by atoms with E-state index in [4.69, 9.17) is 62.0 Å². The van der Waals surface area contributed by atoms with Gasteiger partial charge in [0.2, 0.25) is 10.6 Å². The average Bonchev–Trinajstić information content (AvgIpc) is 3.81. The first kappa shape index (κ1) is 57.5. The molecular formula is C36H48Cl2N10O12Pt. The van der Waals surface area contributed by atoms with Gasteiger partial charge in [0.25, 0.3) is 0 Å². The number of ether oxygens (including phenoxy) is 4. The van der Waals surface area contributed by atoms with Crippen LogP contribution in [0.25, 0.3) is 22.3 Å². The number of anilines is 2. The molecule has 0 aliphatic heterocycles. The number of carboxylic acid groups (broad SMARTS) is 2. The second-order valence-corrected chi connectivity index (χ2v) is 12.9. The number of carboxylic acids is 2. The molecule has 0 aliphatic carbocycles. The maximum absolute atomic E-state index is 8.93. The molecule has 0 spiro atoms. The molecule has 10 N–H and O–H groups in total. The first-order valence-corrected chi connectivity index (χ1v) is 17.6. The summed E-state index contributed by atoms with van der Waals surface area (Å²) in [5.74, 6) is -0.271. The molecule has 25 heteroatoms. The Morgan fingerprint density at radius 3 is 1.13 bits per heavy atom. The van der Waals surface area contributed by atoms with Gasteiger partial charge in [0.05, 0.1) is 53.0 Å². The number of nitrogens with zero attached hydrogens (tertiary/aromatic N) is 8. The van der Waals surface area contributed by atoms with E-state index in [1.54, 1.807) is 41.1 Å². The van der Waals surface area contributed by atoms with Crippen molar-refractivity contribution in [3.8, 4) is 23.0 Å². The van der Waals surface area contributed by atoms with Crippen LogP contribution in [-0.2, 0) is 43.7 Å². The zero-order valence-electron chi connectivity index (χ0n) is 34.1. The third-order valence-electron chi connectivity index (χ3n) is 7.81. The van der Waals surface area contributed by atoms with Gasteiger partial charge in [-0.2, -0.15) is 19.9 Å². The summed E-state index contributed by atoms with van der Waals surface area (Å²) < 4.78 is 25.1. The molecule has 4 heterocycles. The number of imidazole rings is 2. The van der Waals surface area contributed by atoms with Crippen molar-refractivity contribution < 1.29 is 81.7 Å². The van der Waals surface area contributed by atoms with Gasteiger partial charge in [-0.1, -0.05) is 0 Å². The number of halogens is 2. The second kappa shape index (κ2) is 26.6. The summed E-state index contributed by atoms with van der Waals surface area (Å²) >= 11 is 12.2. The van der Waals surface area contributed by atoms with Crippen LogP contribution in [-0.4, -0.2) is 101 Å². The number of methoxy groups -OCH3 is 4. The average molecular weight is 1080 g/mol. The van der Waals surface area contributed by atoms with Crippen molar-refractivity contribution in [2.45, 2.75) is 52.9 Å². The van der Waals surface area contributed by atoms with Gasteiger partial charge in [-0.15, -0.1) is 0 Å². The van der Waals surface area contributed by atoms with Crippen LogP contribution in [0.15, 0.2) is 49.1 Å². The summed E-state index contributed by atoms with van der Waals surface area (Å²) in [6, 6.07) is 11.8. The number of fused-ring (bicyclic) bond motifs is 2. The van der Waals surface area contributed by atoms with Gasteiger partial charge >= 0.3 is 21.1 Å². The topological polar surface area (TPSA) is 354 Å². The zero-order chi connectivity index (χ0) is 41.1. The largest absolute Gasteiger partial charge is 2.00 e. The van der Waals surface area contributed by atoms with Crippen molar-refractivity contribution in [3.05, 3.63) is 70.7 Å². The number of benzene rings is 2. The molecule has 0 saturated heterocycles. The SMILES string of the molecule is COc1cc(CNc2nc(Cl)nc3c2ncn3C(C)C)cc(OC)c1.COc1cc(CNc2nc(Cl)nc3c2ncn3C(C)C)cc(OC)c1.O.O.O.O.O=C([O-])C(=O)[O-].[Pt+2]. The van der Waals surface area contributed by atoms with E-state index in [0.717, 1.165) is 34.1 Å². The Morgan fingerprint density at radius 1 is 0.590 bits per heavy atom. The Kier molecular flexibility index (Phi) is 25.0. The molecule has 2 aromatic carbocycles. The number of aromatic nitrogens is 8. The molecule has 4 aromatic heterocycles. The summed E-state index contributed by atoms with van der Waals surface area (Å²) in [6.45, 7) is 9.29. The van der Waals surface area contributed by atoms with E-state index in [0.29, 0.717) is 47.1 Å². The van der Waals surface area contributed by atoms with Gasteiger partial charge in [-0.3, -0.25) is 0 Å². The number of nitrogens with one attached hydrogen (secondary N) is 2. The van der Waals surface area contributed by atoms with Crippen molar-refractivity contribution in [1.82, 2.24) is 39.0 Å². The van der Waals surface area contributed by atoms with Crippen LogP contribution in [0.2, 0.25) is 10.6 Å². The number of rotatable bonds is 12. The Morgan fingerprint density at radius 2 is 0.885 bits per heavy atom. The quantitative estimate of drug-likeness (QED) is 0.125. The second-order valence-electron chi connectivity index (χ2n) is 12.2. The summed E-state index contributed by atoms with van der Waals surface area (Å²) in [5.41, 5.74) is 4.77. The number of carbonyl (C=O) groups is 2. The molecule has 22 nitrogen and oxygen atoms in total. The number of hydrogen-bond donors (Lipinski definition) is 2. The minimum atomic E-state index is -2.19. The summed E-state index contributed by atoms with van der Waals surface area (Å²) in [4.78, 5) is 43.9. The predicted octanol–water partition coefficient (Wildman–Crippen LogP) is 0.565. The van der Waals surface area contributed by atoms with E-state index in [1.807, 2.05) is 45.5 Å². The van der Waals surface area contributed by atoms with Crippen molar-refractivity contribution in [1.29, 1.82) is 0 Å². The van der Waals surface area contributed by atoms with E-state index in [1.165, 1.54) is 0 Å². The first-order valence-electron chi connectivity index (χ1n) is 16.8. The molecule has 0 fully saturated rings. The van der Waals surface area contributed by atoms with E-state index >= 15 is 0 Å². The van der Waals surface area contributed by atoms with Crippen molar-refractivity contribution in [2.75, 3.05) is 39.1 Å². The first-order chi connectivity index (χ1) is 26.7. The molecule has 0 unspecified atom stereocenters. The van der Waals surface area contributed by atoms with Gasteiger partial charge in [-0.05, 0) is 86.3 Å². The zero-order valence-corrected chi connectivity index (χ0v) is 37.9. The van der Waals surface area contributed by atoms with Gasteiger partial charge in [0.15, 0.2) is 34.0 Å². The molecule has 0 aliphatic rings. The molecule has 338 valence electrons. The molecular weight excluding hydrogens is 1030 g/mol. The van der Waals surface area contributed by atoms with E-state index in [-0.39, 0.29) is 65.6 Å². The fourth-order valence-corrected chi connectivity index (χ4v) is 5.42. The van der Waals surface area contributed by atoms with Crippen LogP contribution in [0.4, 0.5) is 11.6 Å². The van der Waals surface area contributed by atoms with Crippen LogP contribution in [0.3, 0.4) is 0 Å². The van der Waals surface area contributed by atoms with Crippen LogP contribution in [0.5, 0.6) is 23.0 Å². The van der Waals surface area contributed by atoms with Crippen LogP contribution < -0.4 is 39.8 Å². The molecule has 61 heavy (non-hydrogen) atoms. The molecule has 0 amide bonds. The molecule has 0 atom stereocenters. The predicted molar refractivity (Wildman–Crippen MR) is 220 cm³/mol. The number of aliphatic carboxylic acids is 2. The van der Waals surface area contributed by atoms with Gasteiger partial charge < -0.3 is 80.4 Å². The minimum Gasteiger partial charge on any atom is -0.543 e. The maximum Gasteiger partial charge on any atom is 2.00 e. The minimum absolute atomic E-state index is 0. The summed E-state index contributed by atoms with van der Waals surface area (Å²) in [7, 11) is 6.49. The number of carbonyl (C=O) groups excluding carboxylic acids is 2. The molecule has 0 bridgehead atoms. The molecule has 6 rings (SSSR count). The van der Waals surface area contributed by atoms with E-state index in [9.17, 15) is 0 Å². The fraction of sp³-hybridized carbons (Fsp3) is 0.333. The summed E-state index contributed by atoms with van der Waals surface area (Å²) in [6.07, 6.45) is 3.50. The van der Waals surface area contributed by atoms with Crippen molar-refractivity contribution in [3.63, 3.8) is 0 Å². The van der Waals surface area contributed by atoms with Crippen LogP contribution in [0.1, 0.15) is 50.9 Å². The van der Waals surface area contributed by atoms with Gasteiger partial charge in [0, 0.05) is 37.3 Å². The third kappa shape index (κ3) is 15.4. The van der Waals surface area contributed by atoms with Gasteiger partial charge in [0.1, 0.15) is 23.0 Å². The van der Waals surface area contributed by atoms with E-state index < -0.39 is 11.9 Å². The van der Waals surface area contributed by atoms with E-state index in [2.05, 4.69) is 68.2 Å². The standard InChI is InChI=1S/2C17H20ClN5O2.C2H2O4.4H2O.Pt/c2*1-10(2)23-9-20-14-15(21-17(18)22-16(14)23)19-8-11-5-12(24-3)7-13(6-11)25-4;3-1(4)2(5)6;;;;;/h2*5-7,9-10H,8H2,1-4H3,(H,19,21,22);(H,3,4)(H,5,6);4*1H2;/q;;;;;;;+2/p-2. The molecule has 0 radical (unpaired) electrons. The number of hydrogen-bond acceptors (Lipinski definition) is 16. The monoisotopic (exact) mass is 1080 g/mol. The smallest absolute Gasteiger partial charge is 0.543 e. The van der Waals surface area contributed by atoms with Crippen LogP contribution >= 0.6 is 23.2 Å². The fourth-order valence-electron chi connectivity index (χ4n) is 5.09. The summed E-state index contributed by atoms with van der Waals surface area (Å²) in [5, 5.41) is 24.8. The Bertz CT molecular complexity index is 2110. The molecule has 0 saturated carbocycles.